The molecule has 2 aromatic carbocycles. The first kappa shape index (κ1) is 20.1. The lowest BCUT2D eigenvalue weighted by Crippen LogP contribution is -2.48. The second kappa shape index (κ2) is 8.69. The van der Waals surface area contributed by atoms with Crippen molar-refractivity contribution in [2.45, 2.75) is 13.8 Å². The molecule has 0 spiro atoms. The third-order valence-electron chi connectivity index (χ3n) is 5.41. The maximum Gasteiger partial charge on any atom is 0.251 e. The molecule has 1 saturated heterocycles. The Balaban J connectivity index is 1.27. The van der Waals surface area contributed by atoms with Crippen molar-refractivity contribution < 1.29 is 4.79 Å². The molecule has 0 aliphatic carbocycles. The van der Waals surface area contributed by atoms with E-state index in [1.807, 2.05) is 44.2 Å². The van der Waals surface area contributed by atoms with E-state index < -0.39 is 0 Å². The van der Waals surface area contributed by atoms with Gasteiger partial charge in [0.15, 0.2) is 5.13 Å². The number of hydrogen-bond acceptors (Lipinski definition) is 5. The molecule has 29 heavy (non-hydrogen) atoms. The summed E-state index contributed by atoms with van der Waals surface area (Å²) in [5.74, 6) is -0.00728. The number of rotatable bonds is 5. The zero-order valence-electron chi connectivity index (χ0n) is 16.7. The molecule has 7 heteroatoms. The summed E-state index contributed by atoms with van der Waals surface area (Å²) in [4.78, 5) is 21.8. The molecular weight excluding hydrogens is 404 g/mol. The van der Waals surface area contributed by atoms with E-state index >= 15 is 0 Å². The Labute approximate surface area is 180 Å². The molecule has 1 aromatic heterocycles. The Hall–Kier alpha value is -2.15. The Morgan fingerprint density at radius 2 is 1.83 bits per heavy atom. The zero-order valence-corrected chi connectivity index (χ0v) is 18.3. The summed E-state index contributed by atoms with van der Waals surface area (Å²) in [5.41, 5.74) is 3.94. The van der Waals surface area contributed by atoms with E-state index in [-0.39, 0.29) is 5.91 Å². The highest BCUT2D eigenvalue weighted by Gasteiger charge is 2.20. The first-order chi connectivity index (χ1) is 14.0. The van der Waals surface area contributed by atoms with Gasteiger partial charge in [0.2, 0.25) is 0 Å². The highest BCUT2D eigenvalue weighted by molar-refractivity contribution is 7.22. The van der Waals surface area contributed by atoms with Gasteiger partial charge in [-0.15, -0.1) is 0 Å². The molecule has 0 unspecified atom stereocenters. The van der Waals surface area contributed by atoms with Crippen LogP contribution in [0.1, 0.15) is 21.5 Å². The van der Waals surface area contributed by atoms with Crippen LogP contribution in [-0.2, 0) is 0 Å². The number of nitrogens with one attached hydrogen (secondary N) is 1. The van der Waals surface area contributed by atoms with E-state index in [9.17, 15) is 4.79 Å². The summed E-state index contributed by atoms with van der Waals surface area (Å²) >= 11 is 7.96. The summed E-state index contributed by atoms with van der Waals surface area (Å²) in [5, 5.41) is 4.86. The smallest absolute Gasteiger partial charge is 0.251 e. The lowest BCUT2D eigenvalue weighted by atomic mass is 10.1. The van der Waals surface area contributed by atoms with Crippen molar-refractivity contribution in [1.29, 1.82) is 0 Å². The third kappa shape index (κ3) is 4.55. The van der Waals surface area contributed by atoms with Gasteiger partial charge in [0.25, 0.3) is 5.91 Å². The minimum atomic E-state index is -0.00728. The van der Waals surface area contributed by atoms with E-state index in [0.717, 1.165) is 59.5 Å². The van der Waals surface area contributed by atoms with E-state index in [1.165, 1.54) is 4.70 Å². The number of piperazine rings is 1. The van der Waals surface area contributed by atoms with Crippen LogP contribution in [0.2, 0.25) is 5.02 Å². The average Bonchev–Trinajstić information content (AvgIpc) is 3.17. The molecule has 0 saturated carbocycles. The maximum atomic E-state index is 12.2. The van der Waals surface area contributed by atoms with Crippen LogP contribution in [-0.4, -0.2) is 55.1 Å². The molecule has 1 fully saturated rings. The number of carbonyl (C=O) groups is 1. The van der Waals surface area contributed by atoms with Gasteiger partial charge < -0.3 is 10.2 Å². The van der Waals surface area contributed by atoms with Crippen molar-refractivity contribution in [3.05, 3.63) is 58.1 Å². The van der Waals surface area contributed by atoms with Gasteiger partial charge in [-0.05, 0) is 43.7 Å². The van der Waals surface area contributed by atoms with E-state index in [2.05, 4.69) is 21.2 Å². The third-order valence-corrected chi connectivity index (χ3v) is 6.90. The lowest BCUT2D eigenvalue weighted by Gasteiger charge is -2.34. The van der Waals surface area contributed by atoms with Gasteiger partial charge in [-0.3, -0.25) is 9.69 Å². The van der Waals surface area contributed by atoms with Crippen LogP contribution in [0.25, 0.3) is 10.2 Å². The molecule has 0 bridgehead atoms. The Morgan fingerprint density at radius 3 is 2.55 bits per heavy atom. The molecule has 1 amide bonds. The summed E-state index contributed by atoms with van der Waals surface area (Å²) in [6.45, 7) is 9.39. The SMILES string of the molecule is Cc1ccc(C(=O)NCCN2CCN(c3nc4c(C)c(Cl)ccc4s3)CC2)cc1. The molecule has 3 aromatic rings. The molecule has 0 atom stereocenters. The molecule has 1 aliphatic heterocycles. The fourth-order valence-electron chi connectivity index (χ4n) is 3.52. The van der Waals surface area contributed by atoms with Gasteiger partial charge >= 0.3 is 0 Å². The number of anilines is 1. The van der Waals surface area contributed by atoms with Crippen LogP contribution < -0.4 is 10.2 Å². The van der Waals surface area contributed by atoms with Crippen LogP contribution in [0.3, 0.4) is 0 Å². The van der Waals surface area contributed by atoms with Crippen molar-refractivity contribution >= 4 is 44.2 Å². The van der Waals surface area contributed by atoms with Gasteiger partial charge in [0.05, 0.1) is 10.2 Å². The van der Waals surface area contributed by atoms with Gasteiger partial charge in [-0.1, -0.05) is 40.6 Å². The number of aryl methyl sites for hydroxylation is 2. The van der Waals surface area contributed by atoms with Gasteiger partial charge in [0, 0.05) is 49.9 Å². The predicted molar refractivity (Wildman–Crippen MR) is 122 cm³/mol. The molecular formula is C22H25ClN4OS. The van der Waals surface area contributed by atoms with Crippen LogP contribution in [0.5, 0.6) is 0 Å². The minimum absolute atomic E-state index is 0.00728. The molecule has 152 valence electrons. The molecule has 5 nitrogen and oxygen atoms in total. The summed E-state index contributed by atoms with van der Waals surface area (Å²) in [6, 6.07) is 11.7. The van der Waals surface area contributed by atoms with E-state index in [0.29, 0.717) is 12.1 Å². The molecule has 1 aliphatic rings. The Kier molecular flexibility index (Phi) is 6.04. The topological polar surface area (TPSA) is 48.5 Å². The fraction of sp³-hybridized carbons (Fsp3) is 0.364. The van der Waals surface area contributed by atoms with Crippen molar-refractivity contribution in [3.8, 4) is 0 Å². The quantitative estimate of drug-likeness (QED) is 0.664. The van der Waals surface area contributed by atoms with E-state index in [1.54, 1.807) is 11.3 Å². The first-order valence-electron chi connectivity index (χ1n) is 9.89. The van der Waals surface area contributed by atoms with E-state index in [4.69, 9.17) is 16.6 Å². The number of amides is 1. The predicted octanol–water partition coefficient (Wildman–Crippen LogP) is 4.12. The van der Waals surface area contributed by atoms with Crippen LogP contribution in [0.4, 0.5) is 5.13 Å². The largest absolute Gasteiger partial charge is 0.351 e. The van der Waals surface area contributed by atoms with Gasteiger partial charge in [-0.25, -0.2) is 4.98 Å². The summed E-state index contributed by atoms with van der Waals surface area (Å²) in [7, 11) is 0. The zero-order chi connectivity index (χ0) is 20.4. The molecule has 1 N–H and O–H groups in total. The normalized spacial score (nSPS) is 15.1. The van der Waals surface area contributed by atoms with Crippen LogP contribution >= 0.6 is 22.9 Å². The number of aromatic nitrogens is 1. The standard InChI is InChI=1S/C22H25ClN4OS/c1-15-3-5-17(6-4-15)21(28)24-9-10-26-11-13-27(14-12-26)22-25-20-16(2)18(23)7-8-19(20)29-22/h3-8H,9-14H2,1-2H3,(H,24,28). The first-order valence-corrected chi connectivity index (χ1v) is 11.1. The Morgan fingerprint density at radius 1 is 1.10 bits per heavy atom. The number of halogens is 1. The van der Waals surface area contributed by atoms with Crippen molar-refractivity contribution in [3.63, 3.8) is 0 Å². The Bertz CT molecular complexity index is 1010. The number of carbonyl (C=O) groups excluding carboxylic acids is 1. The average molecular weight is 429 g/mol. The monoisotopic (exact) mass is 428 g/mol. The highest BCUT2D eigenvalue weighted by Crippen LogP contribution is 2.33. The molecule has 0 radical (unpaired) electrons. The number of benzene rings is 2. The van der Waals surface area contributed by atoms with Crippen molar-refractivity contribution in [2.75, 3.05) is 44.2 Å². The molecule has 4 rings (SSSR count). The minimum Gasteiger partial charge on any atom is -0.351 e. The van der Waals surface area contributed by atoms with Crippen molar-refractivity contribution in [2.24, 2.45) is 0 Å². The van der Waals surface area contributed by atoms with Crippen molar-refractivity contribution in [1.82, 2.24) is 15.2 Å². The van der Waals surface area contributed by atoms with Crippen LogP contribution in [0, 0.1) is 13.8 Å². The van der Waals surface area contributed by atoms with Crippen LogP contribution in [0.15, 0.2) is 36.4 Å². The highest BCUT2D eigenvalue weighted by atomic mass is 35.5. The lowest BCUT2D eigenvalue weighted by molar-refractivity contribution is 0.0948. The fourth-order valence-corrected chi connectivity index (χ4v) is 4.75. The molecule has 2 heterocycles. The number of hydrogen-bond donors (Lipinski definition) is 1. The number of fused-ring (bicyclic) bond motifs is 1. The van der Waals surface area contributed by atoms with Gasteiger partial charge in [-0.2, -0.15) is 0 Å². The maximum absolute atomic E-state index is 12.2. The van der Waals surface area contributed by atoms with Gasteiger partial charge in [0.1, 0.15) is 0 Å². The second-order valence-corrected chi connectivity index (χ2v) is 8.88. The number of nitrogens with zero attached hydrogens (tertiary/aromatic N) is 3. The summed E-state index contributed by atoms with van der Waals surface area (Å²) < 4.78 is 1.18. The number of thiazole rings is 1. The summed E-state index contributed by atoms with van der Waals surface area (Å²) in [6.07, 6.45) is 0. The second-order valence-electron chi connectivity index (χ2n) is 7.47.